The van der Waals surface area contributed by atoms with Crippen molar-refractivity contribution in [2.75, 3.05) is 5.32 Å². The second-order valence-corrected chi connectivity index (χ2v) is 5.05. The van der Waals surface area contributed by atoms with Crippen LogP contribution in [0.5, 0.6) is 5.75 Å². The van der Waals surface area contributed by atoms with Gasteiger partial charge in [-0.05, 0) is 39.0 Å². The van der Waals surface area contributed by atoms with Gasteiger partial charge in [0.1, 0.15) is 5.75 Å². The SMILES string of the molecule is Cc1[nH]cnc1CNc1ccc(OC(C)C)c(Cl)c1. The number of aromatic nitrogens is 2. The average Bonchev–Trinajstić information content (AvgIpc) is 2.75. The third kappa shape index (κ3) is 3.64. The summed E-state index contributed by atoms with van der Waals surface area (Å²) in [5, 5.41) is 3.90. The van der Waals surface area contributed by atoms with Gasteiger partial charge in [0.05, 0.1) is 29.7 Å². The Bertz CT molecular complexity index is 551. The summed E-state index contributed by atoms with van der Waals surface area (Å²) in [7, 11) is 0. The fourth-order valence-corrected chi connectivity index (χ4v) is 1.94. The molecule has 1 heterocycles. The van der Waals surface area contributed by atoms with Gasteiger partial charge < -0.3 is 15.0 Å². The molecule has 0 bridgehead atoms. The van der Waals surface area contributed by atoms with Gasteiger partial charge in [0, 0.05) is 11.4 Å². The van der Waals surface area contributed by atoms with Crippen molar-refractivity contribution in [2.24, 2.45) is 0 Å². The lowest BCUT2D eigenvalue weighted by Crippen LogP contribution is -2.06. The van der Waals surface area contributed by atoms with Crippen LogP contribution in [0.1, 0.15) is 25.2 Å². The molecule has 0 fully saturated rings. The topological polar surface area (TPSA) is 49.9 Å². The molecule has 0 saturated carbocycles. The van der Waals surface area contributed by atoms with Crippen LogP contribution in [-0.2, 0) is 6.54 Å². The lowest BCUT2D eigenvalue weighted by Gasteiger charge is -2.13. The summed E-state index contributed by atoms with van der Waals surface area (Å²) < 4.78 is 5.59. The minimum Gasteiger partial charge on any atom is -0.489 e. The molecule has 0 aliphatic rings. The third-order valence-electron chi connectivity index (χ3n) is 2.69. The largest absolute Gasteiger partial charge is 0.489 e. The van der Waals surface area contributed by atoms with Crippen molar-refractivity contribution in [3.05, 3.63) is 40.9 Å². The van der Waals surface area contributed by atoms with Crippen molar-refractivity contribution < 1.29 is 4.74 Å². The molecule has 0 radical (unpaired) electrons. The molecule has 2 aromatic rings. The van der Waals surface area contributed by atoms with E-state index in [1.54, 1.807) is 6.33 Å². The summed E-state index contributed by atoms with van der Waals surface area (Å²) in [6.07, 6.45) is 1.81. The van der Waals surface area contributed by atoms with Gasteiger partial charge in [0.2, 0.25) is 0 Å². The zero-order valence-electron chi connectivity index (χ0n) is 11.3. The molecule has 4 nitrogen and oxygen atoms in total. The van der Waals surface area contributed by atoms with E-state index >= 15 is 0 Å². The first kappa shape index (κ1) is 13.7. The van der Waals surface area contributed by atoms with Crippen LogP contribution in [-0.4, -0.2) is 16.1 Å². The van der Waals surface area contributed by atoms with Crippen molar-refractivity contribution >= 4 is 17.3 Å². The lowest BCUT2D eigenvalue weighted by atomic mass is 10.2. The molecular weight excluding hydrogens is 262 g/mol. The predicted octanol–water partition coefficient (Wildman–Crippen LogP) is 3.77. The molecule has 1 aromatic carbocycles. The highest BCUT2D eigenvalue weighted by atomic mass is 35.5. The van der Waals surface area contributed by atoms with Gasteiger partial charge in [-0.2, -0.15) is 0 Å². The average molecular weight is 280 g/mol. The van der Waals surface area contributed by atoms with E-state index in [1.165, 1.54) is 0 Å². The molecule has 1 aromatic heterocycles. The summed E-state index contributed by atoms with van der Waals surface area (Å²) in [6.45, 7) is 6.61. The highest BCUT2D eigenvalue weighted by Gasteiger charge is 2.06. The molecule has 2 N–H and O–H groups in total. The summed E-state index contributed by atoms with van der Waals surface area (Å²) in [5.41, 5.74) is 3.01. The standard InChI is InChI=1S/C14H18ClN3O/c1-9(2)19-14-5-4-11(6-12(14)15)16-7-13-10(3)17-8-18-13/h4-6,8-9,16H,7H2,1-3H3,(H,17,18). The predicted molar refractivity (Wildman–Crippen MR) is 77.9 cm³/mol. The number of nitrogens with one attached hydrogen (secondary N) is 2. The Kier molecular flexibility index (Phi) is 4.32. The number of rotatable bonds is 5. The van der Waals surface area contributed by atoms with Gasteiger partial charge in [0.15, 0.2) is 0 Å². The van der Waals surface area contributed by atoms with Gasteiger partial charge in [-0.3, -0.25) is 0 Å². The molecule has 0 atom stereocenters. The van der Waals surface area contributed by atoms with Gasteiger partial charge in [-0.25, -0.2) is 4.98 Å². The summed E-state index contributed by atoms with van der Waals surface area (Å²) in [4.78, 5) is 7.28. The molecule has 0 saturated heterocycles. The van der Waals surface area contributed by atoms with Gasteiger partial charge in [-0.15, -0.1) is 0 Å². The lowest BCUT2D eigenvalue weighted by molar-refractivity contribution is 0.242. The number of anilines is 1. The van der Waals surface area contributed by atoms with E-state index in [4.69, 9.17) is 16.3 Å². The maximum Gasteiger partial charge on any atom is 0.138 e. The highest BCUT2D eigenvalue weighted by Crippen LogP contribution is 2.28. The second kappa shape index (κ2) is 5.97. The van der Waals surface area contributed by atoms with Gasteiger partial charge in [-0.1, -0.05) is 11.6 Å². The summed E-state index contributed by atoms with van der Waals surface area (Å²) in [5.74, 6) is 0.707. The first-order valence-electron chi connectivity index (χ1n) is 6.25. The van der Waals surface area contributed by atoms with Crippen LogP contribution >= 0.6 is 11.6 Å². The number of hydrogen-bond donors (Lipinski definition) is 2. The Morgan fingerprint density at radius 1 is 1.42 bits per heavy atom. The van der Waals surface area contributed by atoms with Crippen LogP contribution in [0.25, 0.3) is 0 Å². The number of nitrogens with zero attached hydrogens (tertiary/aromatic N) is 1. The van der Waals surface area contributed by atoms with Crippen LogP contribution < -0.4 is 10.1 Å². The van der Waals surface area contributed by atoms with Crippen LogP contribution in [0.4, 0.5) is 5.69 Å². The van der Waals surface area contributed by atoms with E-state index in [-0.39, 0.29) is 6.10 Å². The smallest absolute Gasteiger partial charge is 0.138 e. The normalized spacial score (nSPS) is 10.8. The van der Waals surface area contributed by atoms with Crippen molar-refractivity contribution in [3.63, 3.8) is 0 Å². The molecule has 19 heavy (non-hydrogen) atoms. The van der Waals surface area contributed by atoms with Crippen molar-refractivity contribution in [3.8, 4) is 5.75 Å². The number of ether oxygens (including phenoxy) is 1. The van der Waals surface area contributed by atoms with E-state index in [2.05, 4.69) is 15.3 Å². The maximum absolute atomic E-state index is 6.18. The fraction of sp³-hybridized carbons (Fsp3) is 0.357. The summed E-state index contributed by atoms with van der Waals surface area (Å²) >= 11 is 6.18. The number of H-pyrrole nitrogens is 1. The number of aromatic amines is 1. The minimum atomic E-state index is 0.114. The highest BCUT2D eigenvalue weighted by molar-refractivity contribution is 6.32. The van der Waals surface area contributed by atoms with Crippen LogP contribution in [0.15, 0.2) is 24.5 Å². The van der Waals surface area contributed by atoms with Crippen molar-refractivity contribution in [2.45, 2.75) is 33.4 Å². The molecule has 0 aliphatic heterocycles. The fourth-order valence-electron chi connectivity index (χ4n) is 1.71. The van der Waals surface area contributed by atoms with Crippen LogP contribution in [0.2, 0.25) is 5.02 Å². The van der Waals surface area contributed by atoms with E-state index < -0.39 is 0 Å². The number of imidazole rings is 1. The number of aryl methyl sites for hydroxylation is 1. The Morgan fingerprint density at radius 3 is 2.79 bits per heavy atom. The summed E-state index contributed by atoms with van der Waals surface area (Å²) in [6, 6.07) is 5.69. The number of halogens is 1. The zero-order valence-corrected chi connectivity index (χ0v) is 12.1. The molecule has 5 heteroatoms. The first-order chi connectivity index (χ1) is 9.06. The Labute approximate surface area is 118 Å². The van der Waals surface area contributed by atoms with E-state index in [1.807, 2.05) is 39.0 Å². The molecule has 0 unspecified atom stereocenters. The quantitative estimate of drug-likeness (QED) is 0.876. The van der Waals surface area contributed by atoms with Crippen molar-refractivity contribution in [1.29, 1.82) is 0 Å². The molecule has 102 valence electrons. The zero-order chi connectivity index (χ0) is 13.8. The Balaban J connectivity index is 2.02. The van der Waals surface area contributed by atoms with E-state index in [0.29, 0.717) is 17.3 Å². The van der Waals surface area contributed by atoms with Crippen LogP contribution in [0, 0.1) is 6.92 Å². The van der Waals surface area contributed by atoms with Crippen molar-refractivity contribution in [1.82, 2.24) is 9.97 Å². The van der Waals surface area contributed by atoms with E-state index in [0.717, 1.165) is 17.1 Å². The third-order valence-corrected chi connectivity index (χ3v) is 2.98. The maximum atomic E-state index is 6.18. The molecule has 0 spiro atoms. The Hall–Kier alpha value is -1.68. The Morgan fingerprint density at radius 2 is 2.21 bits per heavy atom. The van der Waals surface area contributed by atoms with Gasteiger partial charge in [0.25, 0.3) is 0 Å². The molecule has 0 aliphatic carbocycles. The minimum absolute atomic E-state index is 0.114. The molecular formula is C14H18ClN3O. The monoisotopic (exact) mass is 279 g/mol. The first-order valence-corrected chi connectivity index (χ1v) is 6.63. The molecule has 0 amide bonds. The van der Waals surface area contributed by atoms with E-state index in [9.17, 15) is 0 Å². The van der Waals surface area contributed by atoms with Gasteiger partial charge >= 0.3 is 0 Å². The number of hydrogen-bond acceptors (Lipinski definition) is 3. The van der Waals surface area contributed by atoms with Crippen LogP contribution in [0.3, 0.4) is 0 Å². The number of benzene rings is 1. The molecule has 2 rings (SSSR count). The second-order valence-electron chi connectivity index (χ2n) is 4.64.